The Balaban J connectivity index is 2.01. The van der Waals surface area contributed by atoms with E-state index in [1.165, 1.54) is 11.3 Å². The minimum absolute atomic E-state index is 0.186. The van der Waals surface area contributed by atoms with Gasteiger partial charge in [-0.2, -0.15) is 0 Å². The molecular formula is C26H25NO4S. The van der Waals surface area contributed by atoms with Crippen molar-refractivity contribution >= 4 is 34.2 Å². The number of aromatic amines is 1. The van der Waals surface area contributed by atoms with E-state index in [2.05, 4.69) is 4.98 Å². The molecule has 164 valence electrons. The van der Waals surface area contributed by atoms with Crippen molar-refractivity contribution in [2.75, 3.05) is 13.2 Å². The zero-order valence-corrected chi connectivity index (χ0v) is 18.9. The highest BCUT2D eigenvalue weighted by atomic mass is 32.1. The average molecular weight is 448 g/mol. The zero-order chi connectivity index (χ0) is 22.5. The molecule has 1 N–H and O–H groups in total. The molecule has 4 rings (SSSR count). The van der Waals surface area contributed by atoms with E-state index in [4.69, 9.17) is 9.47 Å². The smallest absolute Gasteiger partial charge is 0.321 e. The highest BCUT2D eigenvalue weighted by Gasteiger charge is 2.42. The number of ether oxygens (including phenoxy) is 2. The van der Waals surface area contributed by atoms with E-state index < -0.39 is 23.8 Å². The Labute approximate surface area is 191 Å². The standard InChI is InChI=1S/C26H25NO4S/c1-3-30-25(28)23(26(29)31-4-2)22(20-15-10-16-32-20)21-18-13-8-9-14-19(18)27-24(21)17-11-6-5-7-12-17/h5-16,22-23,27H,3-4H2,1-2H3. The van der Waals surface area contributed by atoms with E-state index in [-0.39, 0.29) is 13.2 Å². The van der Waals surface area contributed by atoms with Crippen LogP contribution in [0.4, 0.5) is 0 Å². The predicted octanol–water partition coefficient (Wildman–Crippen LogP) is 5.77. The van der Waals surface area contributed by atoms with Crippen LogP contribution >= 0.6 is 11.3 Å². The number of H-pyrrole nitrogens is 1. The third kappa shape index (κ3) is 4.18. The Morgan fingerprint density at radius 3 is 2.16 bits per heavy atom. The summed E-state index contributed by atoms with van der Waals surface area (Å²) >= 11 is 1.51. The number of nitrogens with one attached hydrogen (secondary N) is 1. The molecule has 6 heteroatoms. The Morgan fingerprint density at radius 1 is 0.875 bits per heavy atom. The molecule has 5 nitrogen and oxygen atoms in total. The van der Waals surface area contributed by atoms with Gasteiger partial charge in [0.05, 0.1) is 18.9 Å². The first-order valence-electron chi connectivity index (χ1n) is 10.7. The summed E-state index contributed by atoms with van der Waals surface area (Å²) in [5, 5.41) is 2.91. The molecule has 0 aliphatic rings. The lowest BCUT2D eigenvalue weighted by Crippen LogP contribution is -2.34. The number of carbonyl (C=O) groups is 2. The number of hydrogen-bond acceptors (Lipinski definition) is 5. The van der Waals surface area contributed by atoms with E-state index in [9.17, 15) is 9.59 Å². The molecule has 2 aromatic heterocycles. The van der Waals surface area contributed by atoms with Crippen LogP contribution in [0.25, 0.3) is 22.2 Å². The normalized spacial score (nSPS) is 12.1. The quantitative estimate of drug-likeness (QED) is 0.275. The lowest BCUT2D eigenvalue weighted by molar-refractivity contribution is -0.162. The Bertz CT molecular complexity index is 1180. The Morgan fingerprint density at radius 2 is 1.53 bits per heavy atom. The van der Waals surface area contributed by atoms with Gasteiger partial charge >= 0.3 is 11.9 Å². The number of benzene rings is 2. The summed E-state index contributed by atoms with van der Waals surface area (Å²) in [4.78, 5) is 30.7. The topological polar surface area (TPSA) is 68.4 Å². The molecule has 0 radical (unpaired) electrons. The van der Waals surface area contributed by atoms with Crippen LogP contribution in [0, 0.1) is 5.92 Å². The van der Waals surface area contributed by atoms with Crippen molar-refractivity contribution in [3.05, 3.63) is 82.6 Å². The van der Waals surface area contributed by atoms with Gasteiger partial charge in [0, 0.05) is 21.7 Å². The van der Waals surface area contributed by atoms with Gasteiger partial charge < -0.3 is 14.5 Å². The van der Waals surface area contributed by atoms with Gasteiger partial charge in [-0.3, -0.25) is 9.59 Å². The predicted molar refractivity (Wildman–Crippen MR) is 127 cm³/mol. The number of fused-ring (bicyclic) bond motifs is 1. The average Bonchev–Trinajstić information content (AvgIpc) is 3.46. The number of aromatic nitrogens is 1. The highest BCUT2D eigenvalue weighted by molar-refractivity contribution is 7.10. The Kier molecular flexibility index (Phi) is 6.71. The lowest BCUT2D eigenvalue weighted by Gasteiger charge is -2.25. The second-order valence-corrected chi connectivity index (χ2v) is 8.28. The highest BCUT2D eigenvalue weighted by Crippen LogP contribution is 2.44. The molecule has 32 heavy (non-hydrogen) atoms. The SMILES string of the molecule is CCOC(=O)C(C(=O)OCC)C(c1cccs1)c1c(-c2ccccc2)[nH]c2ccccc12. The van der Waals surface area contributed by atoms with Gasteiger partial charge in [0.25, 0.3) is 0 Å². The largest absolute Gasteiger partial charge is 0.465 e. The van der Waals surface area contributed by atoms with Gasteiger partial charge in [0.15, 0.2) is 5.92 Å². The lowest BCUT2D eigenvalue weighted by atomic mass is 9.82. The number of carbonyl (C=O) groups excluding carboxylic acids is 2. The third-order valence-corrected chi connectivity index (χ3v) is 6.34. The van der Waals surface area contributed by atoms with Crippen molar-refractivity contribution in [1.29, 1.82) is 0 Å². The second-order valence-electron chi connectivity index (χ2n) is 7.30. The van der Waals surface area contributed by atoms with Crippen LogP contribution in [0.1, 0.15) is 30.2 Å². The fourth-order valence-electron chi connectivity index (χ4n) is 4.09. The van der Waals surface area contributed by atoms with E-state index >= 15 is 0 Å². The molecule has 0 saturated heterocycles. The van der Waals surface area contributed by atoms with Crippen LogP contribution in [0.5, 0.6) is 0 Å². The van der Waals surface area contributed by atoms with Crippen LogP contribution in [-0.4, -0.2) is 30.1 Å². The summed E-state index contributed by atoms with van der Waals surface area (Å²) in [7, 11) is 0. The number of thiophene rings is 1. The molecule has 0 aliphatic carbocycles. The minimum atomic E-state index is -1.12. The molecule has 0 bridgehead atoms. The summed E-state index contributed by atoms with van der Waals surface area (Å²) in [6, 6.07) is 21.8. The molecule has 0 saturated carbocycles. The molecule has 0 fully saturated rings. The summed E-state index contributed by atoms with van der Waals surface area (Å²) in [5.41, 5.74) is 3.69. The molecule has 2 aromatic carbocycles. The minimum Gasteiger partial charge on any atom is -0.465 e. The summed E-state index contributed by atoms with van der Waals surface area (Å²) in [6.45, 7) is 3.85. The monoisotopic (exact) mass is 447 g/mol. The number of esters is 2. The fraction of sp³-hybridized carbons (Fsp3) is 0.231. The van der Waals surface area contributed by atoms with E-state index in [0.717, 1.165) is 32.6 Å². The van der Waals surface area contributed by atoms with Crippen LogP contribution in [0.15, 0.2) is 72.1 Å². The number of para-hydroxylation sites is 1. The first-order valence-corrected chi connectivity index (χ1v) is 11.6. The van der Waals surface area contributed by atoms with Crippen molar-refractivity contribution in [1.82, 2.24) is 4.98 Å². The third-order valence-electron chi connectivity index (χ3n) is 5.38. The van der Waals surface area contributed by atoms with Crippen molar-refractivity contribution in [2.45, 2.75) is 19.8 Å². The molecule has 0 aliphatic heterocycles. The molecular weight excluding hydrogens is 422 g/mol. The molecule has 4 aromatic rings. The summed E-state index contributed by atoms with van der Waals surface area (Å²) in [5.74, 6) is -2.82. The molecule has 0 spiro atoms. The van der Waals surface area contributed by atoms with E-state index in [0.29, 0.717) is 0 Å². The van der Waals surface area contributed by atoms with Gasteiger partial charge in [-0.15, -0.1) is 11.3 Å². The summed E-state index contributed by atoms with van der Waals surface area (Å²) < 4.78 is 10.7. The first-order chi connectivity index (χ1) is 15.7. The molecule has 0 amide bonds. The van der Waals surface area contributed by atoms with Crippen LogP contribution in [0.3, 0.4) is 0 Å². The first kappa shape index (κ1) is 21.8. The van der Waals surface area contributed by atoms with E-state index in [1.807, 2.05) is 72.1 Å². The van der Waals surface area contributed by atoms with Gasteiger partial charge in [-0.1, -0.05) is 54.6 Å². The maximum Gasteiger partial charge on any atom is 0.321 e. The van der Waals surface area contributed by atoms with Crippen molar-refractivity contribution in [3.8, 4) is 11.3 Å². The molecule has 2 heterocycles. The summed E-state index contributed by atoms with van der Waals surface area (Å²) in [6.07, 6.45) is 0. The fourth-order valence-corrected chi connectivity index (χ4v) is 4.97. The second kappa shape index (κ2) is 9.83. The molecule has 1 atom stereocenters. The van der Waals surface area contributed by atoms with Gasteiger partial charge in [-0.05, 0) is 42.5 Å². The maximum atomic E-state index is 13.1. The number of rotatable bonds is 8. The Hall–Kier alpha value is -3.38. The van der Waals surface area contributed by atoms with Crippen LogP contribution < -0.4 is 0 Å². The van der Waals surface area contributed by atoms with Crippen molar-refractivity contribution < 1.29 is 19.1 Å². The van der Waals surface area contributed by atoms with Crippen molar-refractivity contribution in [2.24, 2.45) is 5.92 Å². The zero-order valence-electron chi connectivity index (χ0n) is 18.0. The van der Waals surface area contributed by atoms with Gasteiger partial charge in [0.1, 0.15) is 0 Å². The van der Waals surface area contributed by atoms with E-state index in [1.54, 1.807) is 13.8 Å². The van der Waals surface area contributed by atoms with Crippen LogP contribution in [-0.2, 0) is 19.1 Å². The molecule has 1 unspecified atom stereocenters. The maximum absolute atomic E-state index is 13.1. The number of hydrogen-bond donors (Lipinski definition) is 1. The van der Waals surface area contributed by atoms with Gasteiger partial charge in [-0.25, -0.2) is 0 Å². The van der Waals surface area contributed by atoms with Crippen LogP contribution in [0.2, 0.25) is 0 Å². The van der Waals surface area contributed by atoms with Crippen molar-refractivity contribution in [3.63, 3.8) is 0 Å². The van der Waals surface area contributed by atoms with Gasteiger partial charge in [0.2, 0.25) is 0 Å².